The minimum atomic E-state index is 0.0892. The third kappa shape index (κ3) is 2.94. The van der Waals surface area contributed by atoms with Gasteiger partial charge in [-0.25, -0.2) is 0 Å². The van der Waals surface area contributed by atoms with Crippen LogP contribution in [-0.2, 0) is 26.7 Å². The lowest BCUT2D eigenvalue weighted by Crippen LogP contribution is -2.16. The Kier molecular flexibility index (Phi) is 4.07. The number of aliphatic hydroxyl groups is 1. The summed E-state index contributed by atoms with van der Waals surface area (Å²) in [5.41, 5.74) is 2.12. The summed E-state index contributed by atoms with van der Waals surface area (Å²) in [6.07, 6.45) is 0. The maximum absolute atomic E-state index is 8.95. The van der Waals surface area contributed by atoms with Gasteiger partial charge in [0.2, 0.25) is 0 Å². The summed E-state index contributed by atoms with van der Waals surface area (Å²) >= 11 is 0. The fourth-order valence-corrected chi connectivity index (χ4v) is 1.69. The molecular formula is C13H18N4O. The number of aliphatic hydroxyl groups excluding tert-OH is 1. The van der Waals surface area contributed by atoms with Gasteiger partial charge in [-0.2, -0.15) is 0 Å². The number of benzene rings is 1. The highest BCUT2D eigenvalue weighted by molar-refractivity contribution is 5.21. The summed E-state index contributed by atoms with van der Waals surface area (Å²) < 4.78 is 1.97. The number of nitrogens with zero attached hydrogens (tertiary/aromatic N) is 3. The molecule has 5 nitrogen and oxygen atoms in total. The molecule has 0 fully saturated rings. The van der Waals surface area contributed by atoms with Gasteiger partial charge < -0.3 is 15.0 Å². The van der Waals surface area contributed by atoms with Crippen LogP contribution in [0.1, 0.15) is 22.8 Å². The molecule has 5 heteroatoms. The normalized spacial score (nSPS) is 10.8. The van der Waals surface area contributed by atoms with Crippen LogP contribution in [0.15, 0.2) is 24.3 Å². The Morgan fingerprint density at radius 3 is 2.33 bits per heavy atom. The molecule has 0 spiro atoms. The lowest BCUT2D eigenvalue weighted by molar-refractivity contribution is 0.282. The third-order valence-electron chi connectivity index (χ3n) is 3.00. The van der Waals surface area contributed by atoms with Crippen LogP contribution in [0, 0.1) is 6.92 Å². The van der Waals surface area contributed by atoms with Gasteiger partial charge in [-0.3, -0.25) is 0 Å². The van der Waals surface area contributed by atoms with Gasteiger partial charge in [0.05, 0.1) is 13.2 Å². The van der Waals surface area contributed by atoms with Crippen LogP contribution in [-0.4, -0.2) is 19.9 Å². The van der Waals surface area contributed by atoms with E-state index >= 15 is 0 Å². The smallest absolute Gasteiger partial charge is 0.146 e. The van der Waals surface area contributed by atoms with Crippen LogP contribution in [0.3, 0.4) is 0 Å². The Balaban J connectivity index is 1.86. The van der Waals surface area contributed by atoms with Crippen LogP contribution in [0.2, 0.25) is 0 Å². The van der Waals surface area contributed by atoms with E-state index in [-0.39, 0.29) is 6.61 Å². The molecule has 0 radical (unpaired) electrons. The number of aromatic nitrogens is 3. The molecule has 0 aliphatic carbocycles. The van der Waals surface area contributed by atoms with Crippen molar-refractivity contribution in [1.29, 1.82) is 0 Å². The van der Waals surface area contributed by atoms with Crippen molar-refractivity contribution in [2.45, 2.75) is 26.6 Å². The van der Waals surface area contributed by atoms with Gasteiger partial charge in [0.15, 0.2) is 0 Å². The zero-order valence-electron chi connectivity index (χ0n) is 10.7. The highest BCUT2D eigenvalue weighted by Crippen LogP contribution is 2.04. The Labute approximate surface area is 106 Å². The van der Waals surface area contributed by atoms with Crippen LogP contribution < -0.4 is 5.32 Å². The van der Waals surface area contributed by atoms with E-state index in [1.54, 1.807) is 0 Å². The molecular weight excluding hydrogens is 228 g/mol. The number of hydrogen-bond acceptors (Lipinski definition) is 4. The molecule has 1 aromatic heterocycles. The van der Waals surface area contributed by atoms with E-state index in [0.29, 0.717) is 6.54 Å². The average molecular weight is 246 g/mol. The van der Waals surface area contributed by atoms with E-state index in [2.05, 4.69) is 15.5 Å². The van der Waals surface area contributed by atoms with Crippen molar-refractivity contribution in [3.63, 3.8) is 0 Å². The first-order valence-corrected chi connectivity index (χ1v) is 5.95. The second-order valence-corrected chi connectivity index (χ2v) is 4.30. The molecule has 96 valence electrons. The largest absolute Gasteiger partial charge is 0.392 e. The number of hydrogen-bond donors (Lipinski definition) is 2. The van der Waals surface area contributed by atoms with Gasteiger partial charge in [0, 0.05) is 13.6 Å². The summed E-state index contributed by atoms with van der Waals surface area (Å²) in [6.45, 7) is 3.49. The fourth-order valence-electron chi connectivity index (χ4n) is 1.69. The van der Waals surface area contributed by atoms with Gasteiger partial charge >= 0.3 is 0 Å². The molecule has 18 heavy (non-hydrogen) atoms. The molecule has 0 amide bonds. The first-order valence-electron chi connectivity index (χ1n) is 5.95. The minimum absolute atomic E-state index is 0.0892. The zero-order valence-corrected chi connectivity index (χ0v) is 10.7. The van der Waals surface area contributed by atoms with Crippen LogP contribution >= 0.6 is 0 Å². The molecule has 1 aromatic carbocycles. The summed E-state index contributed by atoms with van der Waals surface area (Å²) in [5, 5.41) is 20.4. The van der Waals surface area contributed by atoms with Gasteiger partial charge in [-0.15, -0.1) is 10.2 Å². The monoisotopic (exact) mass is 246 g/mol. The standard InChI is InChI=1S/C13H18N4O/c1-10-15-16-13(17(10)2)8-14-7-11-3-5-12(9-18)6-4-11/h3-6,14,18H,7-9H2,1-2H3. The lowest BCUT2D eigenvalue weighted by Gasteiger charge is -2.05. The highest BCUT2D eigenvalue weighted by Gasteiger charge is 2.03. The molecule has 0 saturated carbocycles. The summed E-state index contributed by atoms with van der Waals surface area (Å²) in [4.78, 5) is 0. The Morgan fingerprint density at radius 1 is 1.11 bits per heavy atom. The molecule has 0 saturated heterocycles. The van der Waals surface area contributed by atoms with Crippen molar-refractivity contribution in [3.05, 3.63) is 47.0 Å². The predicted molar refractivity (Wildman–Crippen MR) is 68.6 cm³/mol. The van der Waals surface area contributed by atoms with Gasteiger partial charge in [-0.05, 0) is 18.1 Å². The molecule has 0 unspecified atom stereocenters. The molecule has 0 atom stereocenters. The topological polar surface area (TPSA) is 63.0 Å². The Bertz CT molecular complexity index is 504. The lowest BCUT2D eigenvalue weighted by atomic mass is 10.1. The van der Waals surface area contributed by atoms with E-state index in [1.807, 2.05) is 42.8 Å². The molecule has 1 heterocycles. The van der Waals surface area contributed by atoms with Crippen LogP contribution in [0.25, 0.3) is 0 Å². The molecule has 0 aliphatic heterocycles. The number of rotatable bonds is 5. The van der Waals surface area contributed by atoms with Crippen LogP contribution in [0.4, 0.5) is 0 Å². The number of nitrogens with one attached hydrogen (secondary N) is 1. The van der Waals surface area contributed by atoms with E-state index in [1.165, 1.54) is 5.56 Å². The van der Waals surface area contributed by atoms with Crippen molar-refractivity contribution in [2.24, 2.45) is 7.05 Å². The minimum Gasteiger partial charge on any atom is -0.392 e. The maximum atomic E-state index is 8.95. The van der Waals surface area contributed by atoms with E-state index in [9.17, 15) is 0 Å². The van der Waals surface area contributed by atoms with Crippen molar-refractivity contribution < 1.29 is 5.11 Å². The summed E-state index contributed by atoms with van der Waals surface area (Å²) in [5.74, 6) is 1.85. The molecule has 2 N–H and O–H groups in total. The third-order valence-corrected chi connectivity index (χ3v) is 3.00. The zero-order chi connectivity index (χ0) is 13.0. The first kappa shape index (κ1) is 12.7. The second-order valence-electron chi connectivity index (χ2n) is 4.30. The van der Waals surface area contributed by atoms with Crippen molar-refractivity contribution in [2.75, 3.05) is 0 Å². The van der Waals surface area contributed by atoms with E-state index < -0.39 is 0 Å². The Hall–Kier alpha value is -1.72. The quantitative estimate of drug-likeness (QED) is 0.823. The Morgan fingerprint density at radius 2 is 1.78 bits per heavy atom. The fraction of sp³-hybridized carbons (Fsp3) is 0.385. The van der Waals surface area contributed by atoms with Crippen LogP contribution in [0.5, 0.6) is 0 Å². The van der Waals surface area contributed by atoms with Crippen molar-refractivity contribution >= 4 is 0 Å². The highest BCUT2D eigenvalue weighted by atomic mass is 16.3. The van der Waals surface area contributed by atoms with Gasteiger partial charge in [0.25, 0.3) is 0 Å². The van der Waals surface area contributed by atoms with E-state index in [4.69, 9.17) is 5.11 Å². The first-order chi connectivity index (χ1) is 8.70. The summed E-state index contributed by atoms with van der Waals surface area (Å²) in [6, 6.07) is 7.90. The van der Waals surface area contributed by atoms with Crippen molar-refractivity contribution in [1.82, 2.24) is 20.1 Å². The van der Waals surface area contributed by atoms with Gasteiger partial charge in [-0.1, -0.05) is 24.3 Å². The maximum Gasteiger partial charge on any atom is 0.146 e. The second kappa shape index (κ2) is 5.75. The van der Waals surface area contributed by atoms with Crippen molar-refractivity contribution in [3.8, 4) is 0 Å². The average Bonchev–Trinajstić information content (AvgIpc) is 2.71. The van der Waals surface area contributed by atoms with Gasteiger partial charge in [0.1, 0.15) is 11.6 Å². The SMILES string of the molecule is Cc1nnc(CNCc2ccc(CO)cc2)n1C. The summed E-state index contributed by atoms with van der Waals surface area (Å²) in [7, 11) is 1.96. The molecule has 0 bridgehead atoms. The van der Waals surface area contributed by atoms with E-state index in [0.717, 1.165) is 23.8 Å². The molecule has 0 aliphatic rings. The molecule has 2 rings (SSSR count). The number of aryl methyl sites for hydroxylation is 1. The predicted octanol–water partition coefficient (Wildman–Crippen LogP) is 0.906. The molecule has 2 aromatic rings.